The van der Waals surface area contributed by atoms with Crippen LogP contribution in [-0.4, -0.2) is 21.0 Å². The summed E-state index contributed by atoms with van der Waals surface area (Å²) >= 11 is 1.33. The third kappa shape index (κ3) is 0.813. The van der Waals surface area contributed by atoms with E-state index in [-0.39, 0.29) is 0 Å². The first-order chi connectivity index (χ1) is 5.29. The maximum atomic E-state index is 10.5. The lowest BCUT2D eigenvalue weighted by Crippen LogP contribution is -1.93. The Kier molecular flexibility index (Phi) is 1.19. The van der Waals surface area contributed by atoms with Crippen LogP contribution in [0.5, 0.6) is 0 Å². The monoisotopic (exact) mass is 169 g/mol. The molecule has 0 atom stereocenters. The first-order valence-corrected chi connectivity index (χ1v) is 3.81. The average molecular weight is 169 g/mol. The number of nitrogens with one attached hydrogen (secondary N) is 1. The molecule has 2 N–H and O–H groups in total. The highest BCUT2D eigenvalue weighted by atomic mass is 32.1. The fraction of sp³-hybridized carbons (Fsp3) is 0. The molecule has 0 bridgehead atoms. The van der Waals surface area contributed by atoms with E-state index >= 15 is 0 Å². The van der Waals surface area contributed by atoms with Crippen LogP contribution in [0.25, 0.3) is 10.3 Å². The molecule has 0 aromatic carbocycles. The van der Waals surface area contributed by atoms with E-state index in [4.69, 9.17) is 5.11 Å². The number of carboxylic acid groups (broad SMARTS) is 1. The first-order valence-electron chi connectivity index (χ1n) is 2.93. The number of aromatic nitrogens is 2. The summed E-state index contributed by atoms with van der Waals surface area (Å²) in [5, 5.41) is 10.2. The normalized spacial score (nSPS) is 10.5. The zero-order chi connectivity index (χ0) is 7.84. The molecule has 5 heteroatoms. The van der Waals surface area contributed by atoms with Gasteiger partial charge in [-0.1, -0.05) is 0 Å². The molecule has 0 aliphatic carbocycles. The van der Waals surface area contributed by atoms with Gasteiger partial charge in [-0.3, -0.25) is 0 Å². The van der Waals surface area contributed by atoms with Crippen LogP contribution in [0.4, 0.5) is 0 Å². The molecule has 2 rings (SSSR count). The highest BCUT2D eigenvalue weighted by Gasteiger charge is 2.11. The van der Waals surface area contributed by atoms with E-state index in [1.165, 1.54) is 17.7 Å². The van der Waals surface area contributed by atoms with Crippen molar-refractivity contribution in [3.8, 4) is 0 Å². The molecule has 4 nitrogen and oxygen atoms in total. The Balaban J connectivity index is 2.78. The summed E-state index contributed by atoms with van der Waals surface area (Å²) < 4.78 is 0. The van der Waals surface area contributed by atoms with Crippen LogP contribution in [0.1, 0.15) is 10.4 Å². The van der Waals surface area contributed by atoms with Crippen LogP contribution in [0.3, 0.4) is 0 Å². The molecule has 0 aliphatic heterocycles. The van der Waals surface area contributed by atoms with Crippen molar-refractivity contribution in [1.29, 1.82) is 0 Å². The maximum Gasteiger partial charge on any atom is 0.338 e. The number of imidazole rings is 1. The molecule has 56 valence electrons. The van der Waals surface area contributed by atoms with E-state index in [1.54, 1.807) is 5.38 Å². The van der Waals surface area contributed by atoms with Gasteiger partial charge in [-0.05, 0) is 0 Å². The van der Waals surface area contributed by atoms with Gasteiger partial charge in [0.2, 0.25) is 0 Å². The van der Waals surface area contributed by atoms with Gasteiger partial charge < -0.3 is 10.1 Å². The van der Waals surface area contributed by atoms with Gasteiger partial charge in [0.15, 0.2) is 0 Å². The molecular formula is C6H4N2O2S. The molecule has 0 unspecified atom stereocenters. The third-order valence-corrected chi connectivity index (χ3v) is 2.28. The molecule has 2 heterocycles. The van der Waals surface area contributed by atoms with E-state index in [2.05, 4.69) is 9.97 Å². The Morgan fingerprint density at radius 3 is 3.27 bits per heavy atom. The largest absolute Gasteiger partial charge is 0.478 e. The van der Waals surface area contributed by atoms with Crippen molar-refractivity contribution < 1.29 is 9.90 Å². The topological polar surface area (TPSA) is 66.0 Å². The minimum Gasteiger partial charge on any atom is -0.478 e. The van der Waals surface area contributed by atoms with Gasteiger partial charge in [0.25, 0.3) is 0 Å². The second-order valence-corrected chi connectivity index (χ2v) is 2.90. The molecule has 2 aromatic heterocycles. The molecule has 0 saturated heterocycles. The number of aromatic carboxylic acids is 1. The van der Waals surface area contributed by atoms with Gasteiger partial charge >= 0.3 is 5.97 Å². The minimum absolute atomic E-state index is 0.294. The molecule has 2 aromatic rings. The van der Waals surface area contributed by atoms with E-state index in [9.17, 15) is 4.79 Å². The highest BCUT2D eigenvalue weighted by Crippen LogP contribution is 2.21. The summed E-state index contributed by atoms with van der Waals surface area (Å²) in [6.45, 7) is 0. The Bertz CT molecular complexity index is 403. The second-order valence-electron chi connectivity index (χ2n) is 2.04. The van der Waals surface area contributed by atoms with Crippen molar-refractivity contribution >= 4 is 27.7 Å². The SMILES string of the molecule is OC(=[17O])c1csc2nc[nH]c12. The van der Waals surface area contributed by atoms with Gasteiger partial charge in [0.1, 0.15) is 4.83 Å². The number of hydrogen-bond acceptors (Lipinski definition) is 3. The number of nitrogens with zero attached hydrogens (tertiary/aromatic N) is 1. The lowest BCUT2D eigenvalue weighted by atomic mass is 10.3. The van der Waals surface area contributed by atoms with Crippen LogP contribution in [-0.2, 0) is 0 Å². The first kappa shape index (κ1) is 6.36. The Morgan fingerprint density at radius 2 is 2.55 bits per heavy atom. The Hall–Kier alpha value is -1.36. The van der Waals surface area contributed by atoms with E-state index in [0.29, 0.717) is 11.1 Å². The van der Waals surface area contributed by atoms with Gasteiger partial charge in [0.05, 0.1) is 17.4 Å². The highest BCUT2D eigenvalue weighted by molar-refractivity contribution is 7.17. The van der Waals surface area contributed by atoms with Crippen molar-refractivity contribution in [3.05, 3.63) is 17.3 Å². The summed E-state index contributed by atoms with van der Waals surface area (Å²) in [6.07, 6.45) is 1.49. The number of H-pyrrole nitrogens is 1. The number of carbonyl (C=O) groups is 1. The number of carboxylic acids is 1. The summed E-state index contributed by atoms with van der Waals surface area (Å²) in [5.74, 6) is -0.916. The maximum absolute atomic E-state index is 10.5. The van der Waals surface area contributed by atoms with Crippen molar-refractivity contribution in [1.82, 2.24) is 9.97 Å². The predicted octanol–water partition coefficient (Wildman–Crippen LogP) is 1.32. The van der Waals surface area contributed by atoms with Crippen molar-refractivity contribution in [2.24, 2.45) is 0 Å². The molecule has 0 saturated carbocycles. The predicted molar refractivity (Wildman–Crippen MR) is 40.9 cm³/mol. The summed E-state index contributed by atoms with van der Waals surface area (Å²) in [7, 11) is 0. The van der Waals surface area contributed by atoms with E-state index in [0.717, 1.165) is 4.83 Å². The quantitative estimate of drug-likeness (QED) is 0.676. The number of rotatable bonds is 1. The fourth-order valence-corrected chi connectivity index (χ4v) is 1.74. The summed E-state index contributed by atoms with van der Waals surface area (Å²) in [5.41, 5.74) is 0.907. The number of aromatic amines is 1. The fourth-order valence-electron chi connectivity index (χ4n) is 0.895. The van der Waals surface area contributed by atoms with Crippen LogP contribution in [0, 0.1) is 0 Å². The van der Waals surface area contributed by atoms with Crippen LogP contribution >= 0.6 is 11.3 Å². The third-order valence-electron chi connectivity index (χ3n) is 1.39. The number of thiophene rings is 1. The molecule has 0 radical (unpaired) electrons. The molecule has 0 spiro atoms. The molecular weight excluding hydrogens is 165 g/mol. The van der Waals surface area contributed by atoms with Crippen molar-refractivity contribution in [2.75, 3.05) is 0 Å². The Labute approximate surface area is 65.5 Å². The second kappa shape index (κ2) is 2.06. The average Bonchev–Trinajstić information content (AvgIpc) is 2.41. The van der Waals surface area contributed by atoms with Crippen LogP contribution < -0.4 is 0 Å². The molecule has 0 fully saturated rings. The zero-order valence-electron chi connectivity index (χ0n) is 5.37. The van der Waals surface area contributed by atoms with Gasteiger partial charge in [0, 0.05) is 5.38 Å². The lowest BCUT2D eigenvalue weighted by molar-refractivity contribution is 0.0699. The summed E-state index contributed by atoms with van der Waals surface area (Å²) in [6, 6.07) is 0. The van der Waals surface area contributed by atoms with E-state index in [1.807, 2.05) is 0 Å². The van der Waals surface area contributed by atoms with E-state index < -0.39 is 5.97 Å². The van der Waals surface area contributed by atoms with Crippen molar-refractivity contribution in [2.45, 2.75) is 0 Å². The van der Waals surface area contributed by atoms with Gasteiger partial charge in [-0.2, -0.15) is 0 Å². The smallest absolute Gasteiger partial charge is 0.338 e. The lowest BCUT2D eigenvalue weighted by Gasteiger charge is -1.83. The molecule has 0 aliphatic rings. The van der Waals surface area contributed by atoms with Crippen molar-refractivity contribution in [3.63, 3.8) is 0 Å². The zero-order valence-corrected chi connectivity index (χ0v) is 6.18. The number of hydrogen-bond donors (Lipinski definition) is 2. The van der Waals surface area contributed by atoms with Gasteiger partial charge in [-0.15, -0.1) is 11.3 Å². The van der Waals surface area contributed by atoms with Crippen LogP contribution in [0.2, 0.25) is 0 Å². The standard InChI is InChI=1S/C6H4N2O2S/c9-6(10)3-1-11-5-4(3)7-2-8-5/h1-2H,(H,7,8)(H,9,10)/i9+1. The summed E-state index contributed by atoms with van der Waals surface area (Å²) in [4.78, 5) is 18.0. The molecule has 11 heavy (non-hydrogen) atoms. The Morgan fingerprint density at radius 1 is 1.73 bits per heavy atom. The molecule has 0 amide bonds. The van der Waals surface area contributed by atoms with Crippen LogP contribution in [0.15, 0.2) is 11.7 Å². The number of fused-ring (bicyclic) bond motifs is 1. The van der Waals surface area contributed by atoms with Gasteiger partial charge in [-0.25, -0.2) is 9.78 Å². The minimum atomic E-state index is -0.916.